The van der Waals surface area contributed by atoms with Crippen molar-refractivity contribution in [1.29, 1.82) is 0 Å². The summed E-state index contributed by atoms with van der Waals surface area (Å²) in [5, 5.41) is 3.82. The summed E-state index contributed by atoms with van der Waals surface area (Å²) in [6.45, 7) is 1.95. The Morgan fingerprint density at radius 3 is 2.79 bits per heavy atom. The van der Waals surface area contributed by atoms with Gasteiger partial charge in [-0.2, -0.15) is 0 Å². The number of nitrogens with one attached hydrogen (secondary N) is 1. The largest absolute Gasteiger partial charge is 0.454 e. The number of benzene rings is 2. The molecule has 0 bridgehead atoms. The first kappa shape index (κ1) is 16.6. The summed E-state index contributed by atoms with van der Waals surface area (Å²) in [5.74, 6) is 0.864. The van der Waals surface area contributed by atoms with Gasteiger partial charge in [0.1, 0.15) is 5.54 Å². The number of amides is 3. The number of carbonyl (C=O) groups is 2. The number of hydrogen-bond acceptors (Lipinski definition) is 5. The molecule has 7 nitrogen and oxygen atoms in total. The molecule has 5 rings (SSSR count). The van der Waals surface area contributed by atoms with Crippen LogP contribution in [0.25, 0.3) is 10.9 Å². The molecule has 0 radical (unpaired) electrons. The molecule has 0 aliphatic carbocycles. The quantitative estimate of drug-likeness (QED) is 0.712. The number of carbonyl (C=O) groups excluding carboxylic acids is 2. The SMILES string of the molecule is C[C@]1(c2ccc3c(c2)OCO3)NC(=O)N(Cc2ccc3ccccc3n2)C1=O. The number of pyridine rings is 1. The number of nitrogens with zero attached hydrogens (tertiary/aromatic N) is 2. The standard InChI is InChI=1S/C21H17N3O4/c1-21(14-7-9-17-18(10-14)28-12-27-17)19(25)24(20(26)23-21)11-15-8-6-13-4-2-3-5-16(13)22-15/h2-10H,11-12H2,1H3,(H,23,26)/t21-/m1/s1. The fourth-order valence-corrected chi connectivity index (χ4v) is 3.60. The van der Waals surface area contributed by atoms with Crippen LogP contribution in [0.4, 0.5) is 4.79 Å². The third-order valence-corrected chi connectivity index (χ3v) is 5.20. The second-order valence-electron chi connectivity index (χ2n) is 7.01. The Bertz CT molecular complexity index is 1130. The number of imide groups is 1. The van der Waals surface area contributed by atoms with E-state index < -0.39 is 11.6 Å². The van der Waals surface area contributed by atoms with Crippen molar-refractivity contribution >= 4 is 22.8 Å². The molecule has 0 saturated carbocycles. The molecule has 1 N–H and O–H groups in total. The van der Waals surface area contributed by atoms with E-state index in [0.717, 1.165) is 10.9 Å². The van der Waals surface area contributed by atoms with E-state index in [0.29, 0.717) is 22.8 Å². The molecule has 28 heavy (non-hydrogen) atoms. The van der Waals surface area contributed by atoms with Gasteiger partial charge in [-0.05, 0) is 36.8 Å². The normalized spacial score (nSPS) is 20.7. The molecule has 3 aromatic rings. The van der Waals surface area contributed by atoms with Gasteiger partial charge in [0.2, 0.25) is 6.79 Å². The van der Waals surface area contributed by atoms with Crippen molar-refractivity contribution in [1.82, 2.24) is 15.2 Å². The molecule has 2 aliphatic heterocycles. The van der Waals surface area contributed by atoms with Crippen LogP contribution in [0, 0.1) is 0 Å². The zero-order chi connectivity index (χ0) is 19.3. The fourth-order valence-electron chi connectivity index (χ4n) is 3.60. The van der Waals surface area contributed by atoms with Crippen molar-refractivity contribution < 1.29 is 19.1 Å². The maximum absolute atomic E-state index is 13.1. The number of urea groups is 1. The van der Waals surface area contributed by atoms with Crippen LogP contribution in [0.15, 0.2) is 54.6 Å². The van der Waals surface area contributed by atoms with Gasteiger partial charge in [-0.1, -0.05) is 30.3 Å². The van der Waals surface area contributed by atoms with Gasteiger partial charge < -0.3 is 14.8 Å². The van der Waals surface area contributed by atoms with Gasteiger partial charge in [0.25, 0.3) is 5.91 Å². The zero-order valence-electron chi connectivity index (χ0n) is 15.1. The Morgan fingerprint density at radius 1 is 1.07 bits per heavy atom. The van der Waals surface area contributed by atoms with Gasteiger partial charge in [0, 0.05) is 5.39 Å². The summed E-state index contributed by atoms with van der Waals surface area (Å²) in [4.78, 5) is 31.5. The van der Waals surface area contributed by atoms with Gasteiger partial charge in [-0.25, -0.2) is 4.79 Å². The van der Waals surface area contributed by atoms with Crippen LogP contribution in [0.3, 0.4) is 0 Å². The number of hydrogen-bond donors (Lipinski definition) is 1. The smallest absolute Gasteiger partial charge is 0.325 e. The zero-order valence-corrected chi connectivity index (χ0v) is 15.1. The maximum Gasteiger partial charge on any atom is 0.325 e. The second kappa shape index (κ2) is 5.95. The minimum Gasteiger partial charge on any atom is -0.454 e. The summed E-state index contributed by atoms with van der Waals surface area (Å²) in [5.41, 5.74) is 0.946. The molecule has 1 atom stereocenters. The van der Waals surface area contributed by atoms with E-state index >= 15 is 0 Å². The number of fused-ring (bicyclic) bond motifs is 2. The molecule has 1 aromatic heterocycles. The van der Waals surface area contributed by atoms with Gasteiger partial charge in [0.15, 0.2) is 11.5 Å². The summed E-state index contributed by atoms with van der Waals surface area (Å²) >= 11 is 0. The van der Waals surface area contributed by atoms with Crippen LogP contribution < -0.4 is 14.8 Å². The molecular formula is C21H17N3O4. The summed E-state index contributed by atoms with van der Waals surface area (Å²) in [6, 6.07) is 16.3. The maximum atomic E-state index is 13.1. The molecule has 0 spiro atoms. The van der Waals surface area contributed by atoms with Crippen LogP contribution in [0.1, 0.15) is 18.2 Å². The highest BCUT2D eigenvalue weighted by Gasteiger charge is 2.49. The van der Waals surface area contributed by atoms with Crippen LogP contribution in [0.2, 0.25) is 0 Å². The monoisotopic (exact) mass is 375 g/mol. The topological polar surface area (TPSA) is 80.8 Å². The summed E-state index contributed by atoms with van der Waals surface area (Å²) < 4.78 is 10.7. The predicted molar refractivity (Wildman–Crippen MR) is 101 cm³/mol. The first-order valence-electron chi connectivity index (χ1n) is 8.93. The highest BCUT2D eigenvalue weighted by molar-refractivity contribution is 6.07. The summed E-state index contributed by atoms with van der Waals surface area (Å²) in [6.07, 6.45) is 0. The van der Waals surface area contributed by atoms with Crippen LogP contribution >= 0.6 is 0 Å². The molecule has 2 aromatic carbocycles. The first-order valence-corrected chi connectivity index (χ1v) is 8.93. The van der Waals surface area contributed by atoms with Gasteiger partial charge in [-0.15, -0.1) is 0 Å². The average Bonchev–Trinajstić information content (AvgIpc) is 3.26. The van der Waals surface area contributed by atoms with E-state index in [4.69, 9.17) is 9.47 Å². The molecule has 140 valence electrons. The number of ether oxygens (including phenoxy) is 2. The molecule has 7 heteroatoms. The van der Waals surface area contributed by atoms with E-state index in [1.54, 1.807) is 25.1 Å². The number of para-hydroxylation sites is 1. The second-order valence-corrected chi connectivity index (χ2v) is 7.01. The molecule has 3 amide bonds. The van der Waals surface area contributed by atoms with E-state index in [1.807, 2.05) is 36.4 Å². The highest BCUT2D eigenvalue weighted by atomic mass is 16.7. The average molecular weight is 375 g/mol. The van der Waals surface area contributed by atoms with Crippen molar-refractivity contribution in [3.63, 3.8) is 0 Å². The van der Waals surface area contributed by atoms with Crippen LogP contribution in [-0.4, -0.2) is 28.6 Å². The lowest BCUT2D eigenvalue weighted by molar-refractivity contribution is -0.131. The Kier molecular flexibility index (Phi) is 3.52. The Balaban J connectivity index is 1.45. The van der Waals surface area contributed by atoms with Crippen molar-refractivity contribution in [2.24, 2.45) is 0 Å². The van der Waals surface area contributed by atoms with Crippen LogP contribution in [-0.2, 0) is 16.9 Å². The molecule has 1 saturated heterocycles. The molecular weight excluding hydrogens is 358 g/mol. The van der Waals surface area contributed by atoms with Crippen LogP contribution in [0.5, 0.6) is 11.5 Å². The van der Waals surface area contributed by atoms with E-state index in [1.165, 1.54) is 4.90 Å². The lowest BCUT2D eigenvalue weighted by Crippen LogP contribution is -2.40. The van der Waals surface area contributed by atoms with Crippen molar-refractivity contribution in [3.05, 3.63) is 65.9 Å². The van der Waals surface area contributed by atoms with Crippen molar-refractivity contribution in [2.75, 3.05) is 6.79 Å². The number of aromatic nitrogens is 1. The van der Waals surface area contributed by atoms with Crippen molar-refractivity contribution in [2.45, 2.75) is 19.0 Å². The lowest BCUT2D eigenvalue weighted by Gasteiger charge is -2.22. The minimum atomic E-state index is -1.17. The third kappa shape index (κ3) is 2.47. The van der Waals surface area contributed by atoms with E-state index in [2.05, 4.69) is 10.3 Å². The van der Waals surface area contributed by atoms with Gasteiger partial charge >= 0.3 is 6.03 Å². The van der Waals surface area contributed by atoms with E-state index in [-0.39, 0.29) is 19.2 Å². The summed E-state index contributed by atoms with van der Waals surface area (Å²) in [7, 11) is 0. The predicted octanol–water partition coefficient (Wildman–Crippen LogP) is 2.93. The van der Waals surface area contributed by atoms with Crippen molar-refractivity contribution in [3.8, 4) is 11.5 Å². The lowest BCUT2D eigenvalue weighted by atomic mass is 9.91. The Hall–Kier alpha value is -3.61. The minimum absolute atomic E-state index is 0.107. The Labute approximate surface area is 160 Å². The molecule has 0 unspecified atom stereocenters. The van der Waals surface area contributed by atoms with Gasteiger partial charge in [0.05, 0.1) is 17.8 Å². The molecule has 1 fully saturated rings. The number of rotatable bonds is 3. The first-order chi connectivity index (χ1) is 13.5. The van der Waals surface area contributed by atoms with Gasteiger partial charge in [-0.3, -0.25) is 14.7 Å². The highest BCUT2D eigenvalue weighted by Crippen LogP contribution is 2.38. The third-order valence-electron chi connectivity index (χ3n) is 5.20. The Morgan fingerprint density at radius 2 is 1.89 bits per heavy atom. The molecule has 2 aliphatic rings. The van der Waals surface area contributed by atoms with E-state index in [9.17, 15) is 9.59 Å². The fraction of sp³-hybridized carbons (Fsp3) is 0.190. The molecule has 3 heterocycles.